The lowest BCUT2D eigenvalue weighted by Crippen LogP contribution is -2.09. The summed E-state index contributed by atoms with van der Waals surface area (Å²) in [7, 11) is 0. The van der Waals surface area contributed by atoms with Crippen molar-refractivity contribution in [2.24, 2.45) is 0 Å². The fraction of sp³-hybridized carbons (Fsp3) is 0.400. The Labute approximate surface area is 41.5 Å². The van der Waals surface area contributed by atoms with Crippen LogP contribution in [0.3, 0.4) is 0 Å². The molecule has 0 spiro atoms. The van der Waals surface area contributed by atoms with Gasteiger partial charge in [0.2, 0.25) is 0 Å². The highest BCUT2D eigenvalue weighted by Crippen LogP contribution is 1.98. The molecule has 0 saturated heterocycles. The number of hydrogen-bond acceptors (Lipinski definition) is 0. The average Bonchev–Trinajstić information content (AvgIpc) is 1.65. The minimum atomic E-state index is -1.85. The summed E-state index contributed by atoms with van der Waals surface area (Å²) >= 11 is 0. The lowest BCUT2D eigenvalue weighted by Gasteiger charge is -1.96. The van der Waals surface area contributed by atoms with Gasteiger partial charge in [0, 0.05) is 0 Å². The number of alkyl halides is 2. The van der Waals surface area contributed by atoms with Crippen LogP contribution in [0.4, 0.5) is 8.78 Å². The van der Waals surface area contributed by atoms with Gasteiger partial charge < -0.3 is 0 Å². The van der Waals surface area contributed by atoms with Crippen LogP contribution < -0.4 is 0 Å². The van der Waals surface area contributed by atoms with Gasteiger partial charge in [0.15, 0.2) is 6.17 Å². The zero-order valence-electron chi connectivity index (χ0n) is 3.70. The molecule has 0 aromatic rings. The van der Waals surface area contributed by atoms with Crippen molar-refractivity contribution in [1.82, 2.24) is 0 Å². The number of hydrogen-bond donors (Lipinski definition) is 0. The summed E-state index contributed by atoms with van der Waals surface area (Å²) in [6.07, 6.45) is 0.834. The van der Waals surface area contributed by atoms with Crippen LogP contribution in [0.25, 0.3) is 0 Å². The molecule has 0 heterocycles. The highest BCUT2D eigenvalue weighted by molar-refractivity contribution is 4.98. The van der Waals surface area contributed by atoms with E-state index in [-0.39, 0.29) is 0 Å². The van der Waals surface area contributed by atoms with Crippen molar-refractivity contribution in [3.63, 3.8) is 0 Å². The normalized spacial score (nSPS) is 17.4. The first-order valence-corrected chi connectivity index (χ1v) is 1.76. The van der Waals surface area contributed by atoms with E-state index in [4.69, 9.17) is 0 Å². The Morgan fingerprint density at radius 3 is 2.00 bits per heavy atom. The minimum Gasteiger partial charge on any atom is -0.243 e. The molecule has 0 fully saturated rings. The molecule has 0 amide bonds. The Morgan fingerprint density at radius 1 is 1.57 bits per heavy atom. The number of halogens is 2. The summed E-state index contributed by atoms with van der Waals surface area (Å²) < 4.78 is 23.0. The second kappa shape index (κ2) is 2.57. The first-order valence-electron chi connectivity index (χ1n) is 1.76. The highest BCUT2D eigenvalue weighted by Gasteiger charge is 2.09. The lowest BCUT2D eigenvalue weighted by atomic mass is 10.3. The first-order chi connectivity index (χ1) is 3.18. The van der Waals surface area contributed by atoms with Gasteiger partial charge >= 0.3 is 0 Å². The molecular weight excluding hydrogens is 98.1 g/mol. The molecule has 0 nitrogen and oxygen atoms in total. The van der Waals surface area contributed by atoms with Crippen molar-refractivity contribution in [3.05, 3.63) is 6.92 Å². The summed E-state index contributed by atoms with van der Waals surface area (Å²) in [6.45, 7) is 2.73. The van der Waals surface area contributed by atoms with E-state index in [1.165, 1.54) is 0 Å². The maximum atomic E-state index is 11.6. The van der Waals surface area contributed by atoms with E-state index in [0.717, 1.165) is 0 Å². The third-order valence-corrected chi connectivity index (χ3v) is 0.477. The Bertz CT molecular complexity index is 80.6. The molecule has 0 aliphatic heterocycles. The second-order valence-electron chi connectivity index (χ2n) is 1.08. The third kappa shape index (κ3) is 2.16. The molecule has 39 valence electrons. The largest absolute Gasteiger partial charge is 0.243 e. The molecule has 2 unspecified atom stereocenters. The summed E-state index contributed by atoms with van der Waals surface area (Å²) in [6, 6.07) is 0. The van der Waals surface area contributed by atoms with Crippen molar-refractivity contribution in [3.8, 4) is 12.3 Å². The van der Waals surface area contributed by atoms with E-state index in [0.29, 0.717) is 0 Å². The van der Waals surface area contributed by atoms with Crippen molar-refractivity contribution in [2.75, 3.05) is 0 Å². The van der Waals surface area contributed by atoms with Crippen molar-refractivity contribution >= 4 is 0 Å². The molecule has 0 bridgehead atoms. The topological polar surface area (TPSA) is 0 Å². The standard InChI is InChI=1S/C5H5F2/c1-3-5(7)4(2)6/h1,4-5H,2H2. The van der Waals surface area contributed by atoms with Gasteiger partial charge in [-0.1, -0.05) is 5.92 Å². The maximum Gasteiger partial charge on any atom is 0.191 e. The van der Waals surface area contributed by atoms with E-state index < -0.39 is 12.3 Å². The molecule has 0 saturated carbocycles. The van der Waals surface area contributed by atoms with Crippen LogP contribution in [0, 0.1) is 19.3 Å². The van der Waals surface area contributed by atoms with Crippen molar-refractivity contribution in [2.45, 2.75) is 12.3 Å². The second-order valence-corrected chi connectivity index (χ2v) is 1.08. The summed E-state index contributed by atoms with van der Waals surface area (Å²) in [4.78, 5) is 0. The van der Waals surface area contributed by atoms with E-state index >= 15 is 0 Å². The van der Waals surface area contributed by atoms with Crippen LogP contribution in [0.1, 0.15) is 0 Å². The molecule has 0 aromatic carbocycles. The third-order valence-electron chi connectivity index (χ3n) is 0.477. The zero-order chi connectivity index (χ0) is 5.86. The van der Waals surface area contributed by atoms with Gasteiger partial charge in [0.05, 0.1) is 0 Å². The molecule has 0 aliphatic rings. The van der Waals surface area contributed by atoms with Gasteiger partial charge in [-0.25, -0.2) is 8.78 Å². The maximum absolute atomic E-state index is 11.6. The number of terminal acetylenes is 1. The Morgan fingerprint density at radius 2 is 2.00 bits per heavy atom. The molecule has 7 heavy (non-hydrogen) atoms. The first kappa shape index (κ1) is 6.42. The summed E-state index contributed by atoms with van der Waals surface area (Å²) in [5, 5.41) is 0. The molecule has 2 atom stereocenters. The molecule has 2 heteroatoms. The Hall–Kier alpha value is -0.580. The van der Waals surface area contributed by atoms with Gasteiger partial charge in [-0.2, -0.15) is 0 Å². The van der Waals surface area contributed by atoms with Gasteiger partial charge in [0.25, 0.3) is 0 Å². The molecular formula is C5H5F2. The van der Waals surface area contributed by atoms with E-state index in [2.05, 4.69) is 13.3 Å². The Balaban J connectivity index is 3.40. The van der Waals surface area contributed by atoms with Gasteiger partial charge in [0.1, 0.15) is 6.17 Å². The molecule has 0 rings (SSSR count). The quantitative estimate of drug-likeness (QED) is 0.436. The van der Waals surface area contributed by atoms with Gasteiger partial charge in [-0.05, 0) is 6.92 Å². The molecule has 0 aliphatic carbocycles. The predicted molar refractivity (Wildman–Crippen MR) is 24.0 cm³/mol. The summed E-state index contributed by atoms with van der Waals surface area (Å²) in [5.41, 5.74) is 0. The van der Waals surface area contributed by atoms with Gasteiger partial charge in [-0.3, -0.25) is 0 Å². The number of rotatable bonds is 1. The van der Waals surface area contributed by atoms with Crippen molar-refractivity contribution in [1.29, 1.82) is 0 Å². The smallest absolute Gasteiger partial charge is 0.191 e. The van der Waals surface area contributed by atoms with Crippen LogP contribution in [0.2, 0.25) is 0 Å². The molecule has 1 radical (unpaired) electrons. The minimum absolute atomic E-state index is 1.56. The SMILES string of the molecule is C#CC(F)C([CH2])F. The monoisotopic (exact) mass is 103 g/mol. The van der Waals surface area contributed by atoms with E-state index in [1.807, 2.05) is 0 Å². The zero-order valence-corrected chi connectivity index (χ0v) is 3.70. The average molecular weight is 103 g/mol. The lowest BCUT2D eigenvalue weighted by molar-refractivity contribution is 0.254. The molecule has 0 N–H and O–H groups in total. The summed E-state index contributed by atoms with van der Waals surface area (Å²) in [5.74, 6) is 1.56. The van der Waals surface area contributed by atoms with Crippen LogP contribution >= 0.6 is 0 Å². The van der Waals surface area contributed by atoms with E-state index in [9.17, 15) is 8.78 Å². The Kier molecular flexibility index (Phi) is 2.36. The van der Waals surface area contributed by atoms with Gasteiger partial charge in [-0.15, -0.1) is 6.42 Å². The molecule has 0 aromatic heterocycles. The van der Waals surface area contributed by atoms with Crippen LogP contribution in [-0.2, 0) is 0 Å². The van der Waals surface area contributed by atoms with Crippen LogP contribution in [0.5, 0.6) is 0 Å². The highest BCUT2D eigenvalue weighted by atomic mass is 19.2. The van der Waals surface area contributed by atoms with Crippen LogP contribution in [0.15, 0.2) is 0 Å². The van der Waals surface area contributed by atoms with Crippen LogP contribution in [-0.4, -0.2) is 12.3 Å². The van der Waals surface area contributed by atoms with E-state index in [1.54, 1.807) is 5.92 Å². The van der Waals surface area contributed by atoms with Crippen molar-refractivity contribution < 1.29 is 8.78 Å². The fourth-order valence-electron chi connectivity index (χ4n) is 0.104. The predicted octanol–water partition coefficient (Wildman–Crippen LogP) is 1.13. The fourth-order valence-corrected chi connectivity index (χ4v) is 0.104.